The average molecular weight is 245 g/mol. The third-order valence-electron chi connectivity index (χ3n) is 2.17. The van der Waals surface area contributed by atoms with Gasteiger partial charge in [0.2, 0.25) is 0 Å². The molecule has 3 nitrogen and oxygen atoms in total. The van der Waals surface area contributed by atoms with Crippen molar-refractivity contribution in [1.82, 2.24) is 4.98 Å². The summed E-state index contributed by atoms with van der Waals surface area (Å²) >= 11 is 11.7. The highest BCUT2D eigenvalue weighted by Gasteiger charge is 2.20. The van der Waals surface area contributed by atoms with E-state index >= 15 is 0 Å². The molecule has 0 spiro atoms. The van der Waals surface area contributed by atoms with E-state index in [1.165, 1.54) is 6.20 Å². The predicted molar refractivity (Wildman–Crippen MR) is 59.8 cm³/mol. The number of nitrogens with zero attached hydrogens (tertiary/aromatic N) is 1. The Bertz CT molecular complexity index is 406. The number of ether oxygens (including phenoxy) is 1. The molecule has 2 N–H and O–H groups in total. The van der Waals surface area contributed by atoms with Crippen molar-refractivity contribution in [1.29, 1.82) is 0 Å². The van der Waals surface area contributed by atoms with Gasteiger partial charge in [-0.25, -0.2) is 0 Å². The molecule has 2 rings (SSSR count). The van der Waals surface area contributed by atoms with Crippen LogP contribution in [0.2, 0.25) is 10.0 Å². The number of aromatic nitrogens is 1. The molecule has 0 amide bonds. The summed E-state index contributed by atoms with van der Waals surface area (Å²) in [6, 6.07) is 1.22. The first-order chi connectivity index (χ1) is 7.18. The van der Waals surface area contributed by atoms with E-state index in [9.17, 15) is 0 Å². The quantitative estimate of drug-likeness (QED) is 0.871. The molecule has 5 heteroatoms. The molecule has 1 unspecified atom stereocenters. The van der Waals surface area contributed by atoms with Crippen molar-refractivity contribution in [2.75, 3.05) is 6.61 Å². The lowest BCUT2D eigenvalue weighted by Gasteiger charge is -2.13. The lowest BCUT2D eigenvalue weighted by molar-refractivity contribution is 0.224. The average Bonchev–Trinajstić information content (AvgIpc) is 2.69. The SMILES string of the molecule is NC(C1=CCCO1)c1ncc(Cl)cc1Cl. The first-order valence-corrected chi connectivity index (χ1v) is 5.33. The van der Waals surface area contributed by atoms with E-state index in [4.69, 9.17) is 33.7 Å². The molecule has 1 aliphatic rings. The zero-order chi connectivity index (χ0) is 10.8. The van der Waals surface area contributed by atoms with Crippen molar-refractivity contribution in [2.45, 2.75) is 12.5 Å². The van der Waals surface area contributed by atoms with Crippen LogP contribution in [-0.4, -0.2) is 11.6 Å². The molecule has 1 atom stereocenters. The van der Waals surface area contributed by atoms with Gasteiger partial charge < -0.3 is 10.5 Å². The lowest BCUT2D eigenvalue weighted by Crippen LogP contribution is -2.15. The Morgan fingerprint density at radius 1 is 1.47 bits per heavy atom. The van der Waals surface area contributed by atoms with Gasteiger partial charge in [0.1, 0.15) is 11.8 Å². The Labute approximate surface area is 97.8 Å². The monoisotopic (exact) mass is 244 g/mol. The summed E-state index contributed by atoms with van der Waals surface area (Å²) < 4.78 is 5.36. The minimum Gasteiger partial charge on any atom is -0.496 e. The van der Waals surface area contributed by atoms with Gasteiger partial charge >= 0.3 is 0 Å². The molecule has 0 fully saturated rings. The third-order valence-corrected chi connectivity index (χ3v) is 2.68. The minimum absolute atomic E-state index is 0.405. The molecule has 0 aliphatic carbocycles. The van der Waals surface area contributed by atoms with Gasteiger partial charge in [0.05, 0.1) is 22.3 Å². The van der Waals surface area contributed by atoms with Crippen molar-refractivity contribution >= 4 is 23.2 Å². The highest BCUT2D eigenvalue weighted by Crippen LogP contribution is 2.29. The summed E-state index contributed by atoms with van der Waals surface area (Å²) in [5, 5.41) is 0.962. The van der Waals surface area contributed by atoms with Gasteiger partial charge in [-0.05, 0) is 12.1 Å². The van der Waals surface area contributed by atoms with Gasteiger partial charge in [-0.1, -0.05) is 23.2 Å². The first-order valence-electron chi connectivity index (χ1n) is 4.58. The molecular formula is C10H10Cl2N2O. The molecule has 1 aliphatic heterocycles. The van der Waals surface area contributed by atoms with Gasteiger partial charge in [-0.2, -0.15) is 0 Å². The molecule has 15 heavy (non-hydrogen) atoms. The molecule has 80 valence electrons. The van der Waals surface area contributed by atoms with Crippen LogP contribution in [0.5, 0.6) is 0 Å². The zero-order valence-electron chi connectivity index (χ0n) is 7.91. The second-order valence-corrected chi connectivity index (χ2v) is 4.09. The van der Waals surface area contributed by atoms with Gasteiger partial charge in [0, 0.05) is 12.6 Å². The van der Waals surface area contributed by atoms with E-state index in [0.29, 0.717) is 22.3 Å². The fourth-order valence-electron chi connectivity index (χ4n) is 1.44. The maximum Gasteiger partial charge on any atom is 0.115 e. The Hall–Kier alpha value is -0.770. The van der Waals surface area contributed by atoms with Crippen LogP contribution in [0.1, 0.15) is 18.2 Å². The zero-order valence-corrected chi connectivity index (χ0v) is 9.42. The molecule has 0 saturated heterocycles. The normalized spacial score (nSPS) is 17.1. The Kier molecular flexibility index (Phi) is 3.14. The van der Waals surface area contributed by atoms with Crippen LogP contribution in [-0.2, 0) is 4.74 Å². The van der Waals surface area contributed by atoms with Crippen LogP contribution >= 0.6 is 23.2 Å². The minimum atomic E-state index is -0.405. The van der Waals surface area contributed by atoms with Crippen LogP contribution in [0.25, 0.3) is 0 Å². The van der Waals surface area contributed by atoms with Crippen LogP contribution in [0.15, 0.2) is 24.1 Å². The fourth-order valence-corrected chi connectivity index (χ4v) is 1.94. The van der Waals surface area contributed by atoms with Gasteiger partial charge in [0.25, 0.3) is 0 Å². The summed E-state index contributed by atoms with van der Waals surface area (Å²) in [5.41, 5.74) is 6.56. The van der Waals surface area contributed by atoms with Crippen molar-refractivity contribution in [3.8, 4) is 0 Å². The van der Waals surface area contributed by atoms with E-state index in [-0.39, 0.29) is 0 Å². The highest BCUT2D eigenvalue weighted by molar-refractivity contribution is 6.34. The molecule has 2 heterocycles. The fraction of sp³-hybridized carbons (Fsp3) is 0.300. The second kappa shape index (κ2) is 4.39. The van der Waals surface area contributed by atoms with E-state index in [1.807, 2.05) is 6.08 Å². The summed E-state index contributed by atoms with van der Waals surface area (Å²) in [7, 11) is 0. The predicted octanol–water partition coefficient (Wildman–Crippen LogP) is 2.69. The maximum absolute atomic E-state index is 5.99. The first kappa shape index (κ1) is 10.7. The molecule has 0 saturated carbocycles. The molecule has 0 radical (unpaired) electrons. The highest BCUT2D eigenvalue weighted by atomic mass is 35.5. The van der Waals surface area contributed by atoms with E-state index < -0.39 is 6.04 Å². The Morgan fingerprint density at radius 2 is 2.27 bits per heavy atom. The van der Waals surface area contributed by atoms with Crippen molar-refractivity contribution in [2.24, 2.45) is 5.73 Å². The standard InChI is InChI=1S/C10H10Cl2N2O/c11-6-4-7(12)10(14-5-6)9(13)8-2-1-3-15-8/h2,4-5,9H,1,3,13H2. The van der Waals surface area contributed by atoms with Gasteiger partial charge in [-0.15, -0.1) is 0 Å². The maximum atomic E-state index is 5.99. The summed E-state index contributed by atoms with van der Waals surface area (Å²) in [6.07, 6.45) is 4.36. The van der Waals surface area contributed by atoms with E-state index in [2.05, 4.69) is 4.98 Å². The number of nitrogens with two attached hydrogens (primary N) is 1. The topological polar surface area (TPSA) is 48.1 Å². The number of hydrogen-bond acceptors (Lipinski definition) is 3. The smallest absolute Gasteiger partial charge is 0.115 e. The number of rotatable bonds is 2. The van der Waals surface area contributed by atoms with Gasteiger partial charge in [0.15, 0.2) is 0 Å². The number of halogens is 2. The van der Waals surface area contributed by atoms with Crippen molar-refractivity contribution in [3.05, 3.63) is 39.8 Å². The van der Waals surface area contributed by atoms with Gasteiger partial charge in [-0.3, -0.25) is 4.98 Å². The summed E-state index contributed by atoms with van der Waals surface area (Å²) in [6.45, 7) is 0.675. The van der Waals surface area contributed by atoms with Crippen LogP contribution in [0, 0.1) is 0 Å². The molecule has 0 bridgehead atoms. The van der Waals surface area contributed by atoms with Crippen LogP contribution in [0.4, 0.5) is 0 Å². The van der Waals surface area contributed by atoms with Crippen LogP contribution in [0.3, 0.4) is 0 Å². The van der Waals surface area contributed by atoms with E-state index in [1.54, 1.807) is 6.07 Å². The molecule has 1 aromatic heterocycles. The third kappa shape index (κ3) is 2.25. The second-order valence-electron chi connectivity index (χ2n) is 3.24. The van der Waals surface area contributed by atoms with Crippen molar-refractivity contribution in [3.63, 3.8) is 0 Å². The van der Waals surface area contributed by atoms with E-state index in [0.717, 1.165) is 12.2 Å². The summed E-state index contributed by atoms with van der Waals surface area (Å²) in [4.78, 5) is 4.11. The van der Waals surface area contributed by atoms with Crippen molar-refractivity contribution < 1.29 is 4.74 Å². The molecule has 1 aromatic rings. The largest absolute Gasteiger partial charge is 0.496 e. The summed E-state index contributed by atoms with van der Waals surface area (Å²) in [5.74, 6) is 0.728. The number of hydrogen-bond donors (Lipinski definition) is 1. The molecule has 0 aromatic carbocycles. The Balaban J connectivity index is 2.28. The molecular weight excluding hydrogens is 235 g/mol. The van der Waals surface area contributed by atoms with Crippen LogP contribution < -0.4 is 5.73 Å². The lowest BCUT2D eigenvalue weighted by atomic mass is 10.1. The number of pyridine rings is 1. The Morgan fingerprint density at radius 3 is 2.87 bits per heavy atom.